The van der Waals surface area contributed by atoms with Gasteiger partial charge in [-0.25, -0.2) is 0 Å². The monoisotopic (exact) mass is 245 g/mol. The lowest BCUT2D eigenvalue weighted by molar-refractivity contribution is 0.206. The van der Waals surface area contributed by atoms with Gasteiger partial charge in [0.15, 0.2) is 0 Å². The molecule has 0 saturated carbocycles. The molecule has 1 rings (SSSR count). The first-order valence-corrected chi connectivity index (χ1v) is 4.77. The Kier molecular flexibility index (Phi) is 4.21. The van der Waals surface area contributed by atoms with Crippen molar-refractivity contribution in [3.05, 3.63) is 28.7 Å². The number of hydrogen-bond donors (Lipinski definition) is 2. The van der Waals surface area contributed by atoms with Crippen molar-refractivity contribution in [1.82, 2.24) is 0 Å². The van der Waals surface area contributed by atoms with Gasteiger partial charge in [0, 0.05) is 0 Å². The SMILES string of the molecule is NC(CO)COc1ccccc1Br. The Morgan fingerprint density at radius 2 is 2.15 bits per heavy atom. The maximum Gasteiger partial charge on any atom is 0.133 e. The molecule has 1 aromatic carbocycles. The van der Waals surface area contributed by atoms with Gasteiger partial charge >= 0.3 is 0 Å². The Hall–Kier alpha value is -0.580. The summed E-state index contributed by atoms with van der Waals surface area (Å²) in [7, 11) is 0. The lowest BCUT2D eigenvalue weighted by Crippen LogP contribution is -2.31. The zero-order valence-corrected chi connectivity index (χ0v) is 8.70. The third kappa shape index (κ3) is 3.34. The molecule has 1 unspecified atom stereocenters. The molecule has 0 aliphatic heterocycles. The van der Waals surface area contributed by atoms with Gasteiger partial charge in [-0.3, -0.25) is 0 Å². The number of aliphatic hydroxyl groups excluding tert-OH is 1. The molecule has 0 bridgehead atoms. The van der Waals surface area contributed by atoms with Gasteiger partial charge in [0.25, 0.3) is 0 Å². The second kappa shape index (κ2) is 5.21. The van der Waals surface area contributed by atoms with Crippen LogP contribution in [0, 0.1) is 0 Å². The summed E-state index contributed by atoms with van der Waals surface area (Å²) in [5.74, 6) is 0.742. The number of para-hydroxylation sites is 1. The van der Waals surface area contributed by atoms with E-state index in [1.807, 2.05) is 24.3 Å². The number of ether oxygens (including phenoxy) is 1. The number of nitrogens with two attached hydrogens (primary N) is 1. The average Bonchev–Trinajstić information content (AvgIpc) is 2.16. The van der Waals surface area contributed by atoms with Gasteiger partial charge in [-0.1, -0.05) is 12.1 Å². The van der Waals surface area contributed by atoms with E-state index >= 15 is 0 Å². The molecule has 3 nitrogen and oxygen atoms in total. The first-order valence-electron chi connectivity index (χ1n) is 3.98. The highest BCUT2D eigenvalue weighted by Crippen LogP contribution is 2.23. The fraction of sp³-hybridized carbons (Fsp3) is 0.333. The van der Waals surface area contributed by atoms with Crippen LogP contribution in [-0.2, 0) is 0 Å². The standard InChI is InChI=1S/C9H12BrNO2/c10-8-3-1-2-4-9(8)13-6-7(11)5-12/h1-4,7,12H,5-6,11H2. The lowest BCUT2D eigenvalue weighted by Gasteiger charge is -2.11. The van der Waals surface area contributed by atoms with E-state index in [9.17, 15) is 0 Å². The second-order valence-corrected chi connectivity index (χ2v) is 3.54. The third-order valence-corrected chi connectivity index (χ3v) is 2.18. The Morgan fingerprint density at radius 3 is 2.77 bits per heavy atom. The highest BCUT2D eigenvalue weighted by molar-refractivity contribution is 9.10. The van der Waals surface area contributed by atoms with Gasteiger partial charge in [-0.2, -0.15) is 0 Å². The number of halogens is 1. The van der Waals surface area contributed by atoms with Gasteiger partial charge in [0.2, 0.25) is 0 Å². The normalized spacial score (nSPS) is 12.5. The van der Waals surface area contributed by atoms with Gasteiger partial charge in [-0.15, -0.1) is 0 Å². The first-order chi connectivity index (χ1) is 6.24. The minimum atomic E-state index is -0.327. The van der Waals surface area contributed by atoms with E-state index in [-0.39, 0.29) is 12.6 Å². The zero-order chi connectivity index (χ0) is 9.68. The predicted molar refractivity (Wildman–Crippen MR) is 54.7 cm³/mol. The summed E-state index contributed by atoms with van der Waals surface area (Å²) >= 11 is 3.34. The van der Waals surface area contributed by atoms with Crippen LogP contribution in [-0.4, -0.2) is 24.4 Å². The Bertz CT molecular complexity index is 268. The van der Waals surface area contributed by atoms with Gasteiger partial charge in [-0.05, 0) is 28.1 Å². The zero-order valence-electron chi connectivity index (χ0n) is 7.11. The van der Waals surface area contributed by atoms with E-state index in [0.29, 0.717) is 6.61 Å². The van der Waals surface area contributed by atoms with Crippen molar-refractivity contribution in [1.29, 1.82) is 0 Å². The summed E-state index contributed by atoms with van der Waals surface area (Å²) in [6.45, 7) is 0.254. The van der Waals surface area contributed by atoms with Gasteiger partial charge < -0.3 is 15.6 Å². The molecule has 0 amide bonds. The van der Waals surface area contributed by atoms with E-state index in [1.54, 1.807) is 0 Å². The van der Waals surface area contributed by atoms with Crippen molar-refractivity contribution >= 4 is 15.9 Å². The highest BCUT2D eigenvalue weighted by Gasteiger charge is 2.03. The number of aliphatic hydroxyl groups is 1. The Balaban J connectivity index is 2.50. The van der Waals surface area contributed by atoms with Crippen molar-refractivity contribution in [3.8, 4) is 5.75 Å². The van der Waals surface area contributed by atoms with Crippen LogP contribution in [0.25, 0.3) is 0 Å². The van der Waals surface area contributed by atoms with Crippen LogP contribution in [0.4, 0.5) is 0 Å². The smallest absolute Gasteiger partial charge is 0.133 e. The molecule has 1 aromatic rings. The molecule has 3 N–H and O–H groups in total. The Labute approximate surface area is 85.6 Å². The first kappa shape index (κ1) is 10.5. The van der Waals surface area contributed by atoms with E-state index in [4.69, 9.17) is 15.6 Å². The fourth-order valence-electron chi connectivity index (χ4n) is 0.811. The summed E-state index contributed by atoms with van der Waals surface area (Å²) in [4.78, 5) is 0. The summed E-state index contributed by atoms with van der Waals surface area (Å²) < 4.78 is 6.25. The molecule has 0 radical (unpaired) electrons. The van der Waals surface area contributed by atoms with Crippen molar-refractivity contribution in [2.24, 2.45) is 5.73 Å². The highest BCUT2D eigenvalue weighted by atomic mass is 79.9. The van der Waals surface area contributed by atoms with Crippen molar-refractivity contribution in [2.45, 2.75) is 6.04 Å². The van der Waals surface area contributed by atoms with Crippen LogP contribution in [0.3, 0.4) is 0 Å². The lowest BCUT2D eigenvalue weighted by atomic mass is 10.3. The van der Waals surface area contributed by atoms with E-state index < -0.39 is 0 Å². The molecular weight excluding hydrogens is 234 g/mol. The predicted octanol–water partition coefficient (Wildman–Crippen LogP) is 1.15. The quantitative estimate of drug-likeness (QED) is 0.837. The molecule has 72 valence electrons. The molecule has 0 saturated heterocycles. The topological polar surface area (TPSA) is 55.5 Å². The minimum Gasteiger partial charge on any atom is -0.491 e. The largest absolute Gasteiger partial charge is 0.491 e. The molecule has 0 spiro atoms. The van der Waals surface area contributed by atoms with Crippen LogP contribution in [0.5, 0.6) is 5.75 Å². The molecule has 13 heavy (non-hydrogen) atoms. The van der Waals surface area contributed by atoms with Crippen molar-refractivity contribution in [2.75, 3.05) is 13.2 Å². The number of benzene rings is 1. The van der Waals surface area contributed by atoms with Crippen molar-refractivity contribution in [3.63, 3.8) is 0 Å². The minimum absolute atomic E-state index is 0.0650. The van der Waals surface area contributed by atoms with Crippen LogP contribution in [0.15, 0.2) is 28.7 Å². The number of rotatable bonds is 4. The van der Waals surface area contributed by atoms with E-state index in [2.05, 4.69) is 15.9 Å². The second-order valence-electron chi connectivity index (χ2n) is 2.68. The molecule has 0 aliphatic rings. The summed E-state index contributed by atoms with van der Waals surface area (Å²) in [5, 5.41) is 8.67. The van der Waals surface area contributed by atoms with E-state index in [0.717, 1.165) is 10.2 Å². The van der Waals surface area contributed by atoms with Crippen LogP contribution in [0.1, 0.15) is 0 Å². The fourth-order valence-corrected chi connectivity index (χ4v) is 1.21. The molecule has 0 aromatic heterocycles. The molecule has 0 aliphatic carbocycles. The van der Waals surface area contributed by atoms with Crippen LogP contribution in [0.2, 0.25) is 0 Å². The maximum absolute atomic E-state index is 8.67. The maximum atomic E-state index is 8.67. The molecular formula is C9H12BrNO2. The average molecular weight is 246 g/mol. The molecule has 4 heteroatoms. The summed E-state index contributed by atoms with van der Waals surface area (Å²) in [6, 6.07) is 7.19. The number of hydrogen-bond acceptors (Lipinski definition) is 3. The van der Waals surface area contributed by atoms with Crippen LogP contribution < -0.4 is 10.5 Å². The molecule has 0 fully saturated rings. The molecule has 0 heterocycles. The molecule has 1 atom stereocenters. The van der Waals surface area contributed by atoms with Crippen LogP contribution >= 0.6 is 15.9 Å². The van der Waals surface area contributed by atoms with Gasteiger partial charge in [0.1, 0.15) is 12.4 Å². The third-order valence-electron chi connectivity index (χ3n) is 1.52. The summed E-state index contributed by atoms with van der Waals surface area (Å²) in [6.07, 6.45) is 0. The summed E-state index contributed by atoms with van der Waals surface area (Å²) in [5.41, 5.74) is 5.48. The Morgan fingerprint density at radius 1 is 1.46 bits per heavy atom. The van der Waals surface area contributed by atoms with Crippen molar-refractivity contribution < 1.29 is 9.84 Å². The van der Waals surface area contributed by atoms with E-state index in [1.165, 1.54) is 0 Å². The van der Waals surface area contributed by atoms with Gasteiger partial charge in [0.05, 0.1) is 17.1 Å².